The molecule has 3 aromatic rings. The van der Waals surface area contributed by atoms with Gasteiger partial charge in [0, 0.05) is 36.2 Å². The molecule has 0 saturated heterocycles. The van der Waals surface area contributed by atoms with E-state index in [9.17, 15) is 9.59 Å². The maximum Gasteiger partial charge on any atom is 0.248 e. The molecule has 2 aromatic carbocycles. The number of pyridine rings is 1. The molecule has 1 aliphatic heterocycles. The highest BCUT2D eigenvalue weighted by molar-refractivity contribution is 6.04. The smallest absolute Gasteiger partial charge is 0.248 e. The number of nitrogens with one attached hydrogen (secondary N) is 2. The summed E-state index contributed by atoms with van der Waals surface area (Å²) in [6.45, 7) is 7.13. The minimum absolute atomic E-state index is 0.0247. The van der Waals surface area contributed by atoms with E-state index in [0.29, 0.717) is 24.2 Å². The molecular formula is C33H40N4O2. The molecule has 2 atom stereocenters. The number of benzene rings is 2. The van der Waals surface area contributed by atoms with Gasteiger partial charge in [-0.05, 0) is 59.6 Å². The molecule has 2 aliphatic rings. The van der Waals surface area contributed by atoms with E-state index in [1.54, 1.807) is 17.3 Å². The number of carbonyl (C=O) groups is 2. The van der Waals surface area contributed by atoms with Crippen LogP contribution in [0.25, 0.3) is 0 Å². The fraction of sp³-hybridized carbons (Fsp3) is 0.424. The van der Waals surface area contributed by atoms with Crippen molar-refractivity contribution in [3.8, 4) is 0 Å². The maximum absolute atomic E-state index is 14.5. The number of aromatic nitrogens is 1. The summed E-state index contributed by atoms with van der Waals surface area (Å²) < 4.78 is 0. The molecule has 1 aliphatic carbocycles. The third kappa shape index (κ3) is 6.22. The van der Waals surface area contributed by atoms with Crippen LogP contribution in [0.2, 0.25) is 0 Å². The second-order valence-electron chi connectivity index (χ2n) is 11.9. The Bertz CT molecular complexity index is 1280. The largest absolute Gasteiger partial charge is 0.351 e. The molecule has 1 fully saturated rings. The Morgan fingerprint density at radius 3 is 2.33 bits per heavy atom. The molecule has 2 unspecified atom stereocenters. The first-order valence-corrected chi connectivity index (χ1v) is 14.3. The predicted octanol–water partition coefficient (Wildman–Crippen LogP) is 5.62. The molecule has 1 aromatic heterocycles. The SMILES string of the molecule is CC(C)(C)c1ccc(N(C(=O)C2Cc3ccccc3CN2)C(C(=O)NC2CCCCC2)c2cccnc2)cc1. The van der Waals surface area contributed by atoms with E-state index in [1.807, 2.05) is 36.4 Å². The summed E-state index contributed by atoms with van der Waals surface area (Å²) >= 11 is 0. The third-order valence-electron chi connectivity index (χ3n) is 8.09. The summed E-state index contributed by atoms with van der Waals surface area (Å²) in [5.41, 5.74) is 4.94. The number of rotatable bonds is 6. The lowest BCUT2D eigenvalue weighted by Crippen LogP contribution is -2.54. The quantitative estimate of drug-likeness (QED) is 0.439. The summed E-state index contributed by atoms with van der Waals surface area (Å²) in [6, 6.07) is 18.9. The van der Waals surface area contributed by atoms with Gasteiger partial charge in [-0.15, -0.1) is 0 Å². The second kappa shape index (κ2) is 11.7. The van der Waals surface area contributed by atoms with Gasteiger partial charge in [0.2, 0.25) is 11.8 Å². The fourth-order valence-corrected chi connectivity index (χ4v) is 5.80. The van der Waals surface area contributed by atoms with E-state index in [1.165, 1.54) is 23.1 Å². The normalized spacial score (nSPS) is 18.6. The van der Waals surface area contributed by atoms with Crippen LogP contribution >= 0.6 is 0 Å². The van der Waals surface area contributed by atoms with Crippen LogP contribution in [0, 0.1) is 0 Å². The van der Waals surface area contributed by atoms with Gasteiger partial charge in [0.15, 0.2) is 0 Å². The Kier molecular flexibility index (Phi) is 8.12. The van der Waals surface area contributed by atoms with Gasteiger partial charge in [0.1, 0.15) is 6.04 Å². The number of amides is 2. The molecule has 6 heteroatoms. The van der Waals surface area contributed by atoms with Crippen molar-refractivity contribution in [2.24, 2.45) is 0 Å². The van der Waals surface area contributed by atoms with Crippen molar-refractivity contribution in [2.75, 3.05) is 4.90 Å². The van der Waals surface area contributed by atoms with Gasteiger partial charge in [0.05, 0.1) is 6.04 Å². The first-order valence-electron chi connectivity index (χ1n) is 14.3. The van der Waals surface area contributed by atoms with Gasteiger partial charge < -0.3 is 10.6 Å². The Balaban J connectivity index is 1.54. The Morgan fingerprint density at radius 1 is 0.949 bits per heavy atom. The first kappa shape index (κ1) is 27.1. The van der Waals surface area contributed by atoms with Crippen molar-refractivity contribution in [1.82, 2.24) is 15.6 Å². The Hall–Kier alpha value is -3.51. The molecule has 5 rings (SSSR count). The zero-order valence-corrected chi connectivity index (χ0v) is 23.3. The van der Waals surface area contributed by atoms with Crippen LogP contribution in [0.5, 0.6) is 0 Å². The van der Waals surface area contributed by atoms with E-state index in [2.05, 4.69) is 60.7 Å². The van der Waals surface area contributed by atoms with E-state index in [-0.39, 0.29) is 23.3 Å². The van der Waals surface area contributed by atoms with E-state index < -0.39 is 12.1 Å². The van der Waals surface area contributed by atoms with Crippen LogP contribution in [-0.4, -0.2) is 28.9 Å². The molecule has 1 saturated carbocycles. The zero-order chi connectivity index (χ0) is 27.4. The van der Waals surface area contributed by atoms with Crippen LogP contribution in [0.15, 0.2) is 73.1 Å². The maximum atomic E-state index is 14.5. The van der Waals surface area contributed by atoms with Gasteiger partial charge in [-0.25, -0.2) is 0 Å². The molecule has 6 nitrogen and oxygen atoms in total. The zero-order valence-electron chi connectivity index (χ0n) is 23.3. The minimum Gasteiger partial charge on any atom is -0.351 e. The van der Waals surface area contributed by atoms with Gasteiger partial charge in [-0.2, -0.15) is 0 Å². The van der Waals surface area contributed by atoms with Gasteiger partial charge in [-0.3, -0.25) is 19.5 Å². The number of hydrogen-bond donors (Lipinski definition) is 2. The molecule has 39 heavy (non-hydrogen) atoms. The van der Waals surface area contributed by atoms with Gasteiger partial charge >= 0.3 is 0 Å². The van der Waals surface area contributed by atoms with Gasteiger partial charge in [-0.1, -0.05) is 82.5 Å². The van der Waals surface area contributed by atoms with Crippen molar-refractivity contribution >= 4 is 17.5 Å². The predicted molar refractivity (Wildman–Crippen MR) is 155 cm³/mol. The summed E-state index contributed by atoms with van der Waals surface area (Å²) in [6.07, 6.45) is 9.37. The monoisotopic (exact) mass is 524 g/mol. The molecule has 2 heterocycles. The lowest BCUT2D eigenvalue weighted by molar-refractivity contribution is -0.128. The fourth-order valence-electron chi connectivity index (χ4n) is 5.80. The van der Waals surface area contributed by atoms with Crippen LogP contribution < -0.4 is 15.5 Å². The summed E-state index contributed by atoms with van der Waals surface area (Å²) in [5.74, 6) is -0.264. The van der Waals surface area contributed by atoms with Crippen molar-refractivity contribution < 1.29 is 9.59 Å². The highest BCUT2D eigenvalue weighted by Gasteiger charge is 2.38. The summed E-state index contributed by atoms with van der Waals surface area (Å²) in [4.78, 5) is 34.6. The third-order valence-corrected chi connectivity index (χ3v) is 8.09. The van der Waals surface area contributed by atoms with E-state index in [4.69, 9.17) is 0 Å². The van der Waals surface area contributed by atoms with Crippen LogP contribution in [0.4, 0.5) is 5.69 Å². The van der Waals surface area contributed by atoms with Gasteiger partial charge in [0.25, 0.3) is 0 Å². The average Bonchev–Trinajstić information content (AvgIpc) is 2.96. The lowest BCUT2D eigenvalue weighted by Gasteiger charge is -2.37. The number of carbonyl (C=O) groups excluding carboxylic acids is 2. The number of fused-ring (bicyclic) bond motifs is 1. The number of nitrogens with zero attached hydrogens (tertiary/aromatic N) is 2. The lowest BCUT2D eigenvalue weighted by atomic mass is 9.87. The van der Waals surface area contributed by atoms with Crippen molar-refractivity contribution in [3.63, 3.8) is 0 Å². The second-order valence-corrected chi connectivity index (χ2v) is 11.9. The molecule has 204 valence electrons. The molecule has 0 bridgehead atoms. The van der Waals surface area contributed by atoms with E-state index in [0.717, 1.165) is 25.7 Å². The topological polar surface area (TPSA) is 74.3 Å². The highest BCUT2D eigenvalue weighted by Crippen LogP contribution is 2.32. The van der Waals surface area contributed by atoms with Crippen molar-refractivity contribution in [1.29, 1.82) is 0 Å². The molecule has 0 radical (unpaired) electrons. The molecule has 2 N–H and O–H groups in total. The standard InChI is InChI=1S/C33H40N4O2/c1-33(2,3)26-15-17-28(18-16-26)37(32(39)29-20-23-10-7-8-11-24(23)22-35-29)30(25-12-9-19-34-21-25)31(38)36-27-13-5-4-6-14-27/h7-12,15-19,21,27,29-30,35H,4-6,13-14,20,22H2,1-3H3,(H,36,38). The van der Waals surface area contributed by atoms with Crippen molar-refractivity contribution in [2.45, 2.75) is 89.4 Å². The Labute approximate surface area is 232 Å². The number of anilines is 1. The first-order chi connectivity index (χ1) is 18.8. The summed E-state index contributed by atoms with van der Waals surface area (Å²) in [5, 5.41) is 6.74. The van der Waals surface area contributed by atoms with Crippen LogP contribution in [0.1, 0.15) is 81.2 Å². The van der Waals surface area contributed by atoms with Crippen molar-refractivity contribution in [3.05, 3.63) is 95.3 Å². The molecular weight excluding hydrogens is 484 g/mol. The van der Waals surface area contributed by atoms with E-state index >= 15 is 0 Å². The minimum atomic E-state index is -0.826. The number of hydrogen-bond acceptors (Lipinski definition) is 4. The average molecular weight is 525 g/mol. The summed E-state index contributed by atoms with van der Waals surface area (Å²) in [7, 11) is 0. The van der Waals surface area contributed by atoms with Crippen LogP contribution in [0.3, 0.4) is 0 Å². The molecule has 0 spiro atoms. The Morgan fingerprint density at radius 2 is 1.67 bits per heavy atom. The highest BCUT2D eigenvalue weighted by atomic mass is 16.2. The molecule has 2 amide bonds. The van der Waals surface area contributed by atoms with Crippen LogP contribution in [-0.2, 0) is 28.0 Å².